The first-order valence-electron chi connectivity index (χ1n) is 8.27. The van der Waals surface area contributed by atoms with E-state index in [4.69, 9.17) is 4.42 Å². The number of amides is 2. The molecular formula is C18H21BrN4O3. The van der Waals surface area contributed by atoms with Crippen molar-refractivity contribution in [1.82, 2.24) is 10.7 Å². The van der Waals surface area contributed by atoms with Crippen molar-refractivity contribution < 1.29 is 14.0 Å². The number of rotatable bonds is 8. The summed E-state index contributed by atoms with van der Waals surface area (Å²) in [5, 5.41) is 9.64. The average molecular weight is 421 g/mol. The van der Waals surface area contributed by atoms with Crippen LogP contribution in [0, 0.1) is 0 Å². The molecule has 2 amide bonds. The van der Waals surface area contributed by atoms with E-state index in [0.717, 1.165) is 34.3 Å². The van der Waals surface area contributed by atoms with E-state index >= 15 is 0 Å². The molecule has 138 valence electrons. The Morgan fingerprint density at radius 2 is 2.12 bits per heavy atom. The third kappa shape index (κ3) is 6.36. The number of anilines is 1. The topological polar surface area (TPSA) is 95.7 Å². The van der Waals surface area contributed by atoms with Crippen molar-refractivity contribution in [2.75, 3.05) is 11.9 Å². The number of carbonyl (C=O) groups is 2. The van der Waals surface area contributed by atoms with Crippen molar-refractivity contribution in [3.05, 3.63) is 52.4 Å². The highest BCUT2D eigenvalue weighted by molar-refractivity contribution is 9.10. The standard InChI is InChI=1S/C18H21BrN4O3/c1-2-3-8-20-17(24)18(25)23-22-11-13-10-14(19)6-7-16(13)21-12-15-5-4-9-26-15/h4-7,9-11,21H,2-3,8,12H2,1H3,(H,20,24)(H,23,25)/b22-11-. The molecule has 0 saturated carbocycles. The number of unbranched alkanes of at least 4 members (excludes halogenated alkanes) is 1. The molecule has 1 aromatic carbocycles. The number of halogens is 1. The average Bonchev–Trinajstić information content (AvgIpc) is 3.14. The smallest absolute Gasteiger partial charge is 0.329 e. The van der Waals surface area contributed by atoms with Gasteiger partial charge in [0.15, 0.2) is 0 Å². The Morgan fingerprint density at radius 1 is 1.27 bits per heavy atom. The van der Waals surface area contributed by atoms with Crippen LogP contribution in [0.15, 0.2) is 50.6 Å². The van der Waals surface area contributed by atoms with Crippen LogP contribution in [-0.4, -0.2) is 24.6 Å². The van der Waals surface area contributed by atoms with Gasteiger partial charge in [-0.2, -0.15) is 5.10 Å². The van der Waals surface area contributed by atoms with Crippen molar-refractivity contribution in [1.29, 1.82) is 0 Å². The summed E-state index contributed by atoms with van der Waals surface area (Å²) >= 11 is 3.41. The lowest BCUT2D eigenvalue weighted by Gasteiger charge is -2.09. The molecule has 3 N–H and O–H groups in total. The van der Waals surface area contributed by atoms with E-state index in [1.165, 1.54) is 6.21 Å². The van der Waals surface area contributed by atoms with Crippen LogP contribution in [0.25, 0.3) is 0 Å². The number of nitrogens with zero attached hydrogens (tertiary/aromatic N) is 1. The molecule has 26 heavy (non-hydrogen) atoms. The largest absolute Gasteiger partial charge is 0.467 e. The molecule has 0 unspecified atom stereocenters. The number of hydrogen-bond acceptors (Lipinski definition) is 5. The summed E-state index contributed by atoms with van der Waals surface area (Å²) in [6.07, 6.45) is 4.86. The third-order valence-corrected chi connectivity index (χ3v) is 3.93. The molecule has 0 fully saturated rings. The van der Waals surface area contributed by atoms with Gasteiger partial charge in [0, 0.05) is 22.3 Å². The van der Waals surface area contributed by atoms with Crippen molar-refractivity contribution >= 4 is 39.6 Å². The Labute approximate surface area is 160 Å². The predicted octanol–water partition coefficient (Wildman–Crippen LogP) is 3.02. The molecule has 7 nitrogen and oxygen atoms in total. The van der Waals surface area contributed by atoms with Gasteiger partial charge >= 0.3 is 11.8 Å². The molecule has 0 atom stereocenters. The van der Waals surface area contributed by atoms with Gasteiger partial charge in [-0.3, -0.25) is 9.59 Å². The molecule has 0 saturated heterocycles. The zero-order chi connectivity index (χ0) is 18.8. The normalized spacial score (nSPS) is 10.7. The molecule has 0 aliphatic carbocycles. The van der Waals surface area contributed by atoms with Gasteiger partial charge in [-0.05, 0) is 36.8 Å². The fraction of sp³-hybridized carbons (Fsp3) is 0.278. The van der Waals surface area contributed by atoms with Crippen LogP contribution < -0.4 is 16.1 Å². The van der Waals surface area contributed by atoms with E-state index in [1.54, 1.807) is 6.26 Å². The van der Waals surface area contributed by atoms with Crippen LogP contribution in [0.2, 0.25) is 0 Å². The first-order valence-corrected chi connectivity index (χ1v) is 9.06. The van der Waals surface area contributed by atoms with Gasteiger partial charge in [-0.1, -0.05) is 29.3 Å². The quantitative estimate of drug-likeness (QED) is 0.264. The van der Waals surface area contributed by atoms with Crippen LogP contribution >= 0.6 is 15.9 Å². The first kappa shape index (κ1) is 19.7. The summed E-state index contributed by atoms with van der Waals surface area (Å²) in [5.74, 6) is -0.689. The maximum absolute atomic E-state index is 11.7. The lowest BCUT2D eigenvalue weighted by molar-refractivity contribution is -0.139. The van der Waals surface area contributed by atoms with Crippen molar-refractivity contribution in [3.8, 4) is 0 Å². The zero-order valence-corrected chi connectivity index (χ0v) is 16.0. The Balaban J connectivity index is 1.94. The zero-order valence-electron chi connectivity index (χ0n) is 14.4. The SMILES string of the molecule is CCCCNC(=O)C(=O)N/N=C\c1cc(Br)ccc1NCc1ccco1. The van der Waals surface area contributed by atoms with E-state index in [1.807, 2.05) is 37.3 Å². The third-order valence-electron chi connectivity index (χ3n) is 3.44. The van der Waals surface area contributed by atoms with E-state index in [0.29, 0.717) is 13.1 Å². The fourth-order valence-electron chi connectivity index (χ4n) is 2.07. The second-order valence-electron chi connectivity index (χ2n) is 5.47. The van der Waals surface area contributed by atoms with Crippen molar-refractivity contribution in [2.24, 2.45) is 5.10 Å². The second-order valence-corrected chi connectivity index (χ2v) is 6.39. The summed E-state index contributed by atoms with van der Waals surface area (Å²) in [5.41, 5.74) is 3.79. The van der Waals surface area contributed by atoms with Crippen molar-refractivity contribution in [2.45, 2.75) is 26.3 Å². The molecule has 0 spiro atoms. The Bertz CT molecular complexity index is 760. The van der Waals surface area contributed by atoms with Crippen molar-refractivity contribution in [3.63, 3.8) is 0 Å². The van der Waals surface area contributed by atoms with Gasteiger partial charge in [0.25, 0.3) is 0 Å². The van der Waals surface area contributed by atoms with Gasteiger partial charge in [0.1, 0.15) is 5.76 Å². The molecule has 0 aliphatic heterocycles. The van der Waals surface area contributed by atoms with Crippen LogP contribution in [0.1, 0.15) is 31.1 Å². The lowest BCUT2D eigenvalue weighted by atomic mass is 10.2. The number of carbonyl (C=O) groups excluding carboxylic acids is 2. The fourth-order valence-corrected chi connectivity index (χ4v) is 2.45. The first-order chi connectivity index (χ1) is 12.6. The van der Waals surface area contributed by atoms with E-state index < -0.39 is 11.8 Å². The van der Waals surface area contributed by atoms with Crippen LogP contribution in [0.3, 0.4) is 0 Å². The van der Waals surface area contributed by atoms with Gasteiger partial charge in [-0.15, -0.1) is 0 Å². The van der Waals surface area contributed by atoms with Gasteiger partial charge in [0.2, 0.25) is 0 Å². The molecule has 2 aromatic rings. The summed E-state index contributed by atoms with van der Waals surface area (Å²) in [4.78, 5) is 23.3. The molecule has 8 heteroatoms. The summed E-state index contributed by atoms with van der Waals surface area (Å²) in [7, 11) is 0. The number of nitrogens with one attached hydrogen (secondary N) is 3. The minimum Gasteiger partial charge on any atom is -0.467 e. The maximum Gasteiger partial charge on any atom is 0.329 e. The monoisotopic (exact) mass is 420 g/mol. The lowest BCUT2D eigenvalue weighted by Crippen LogP contribution is -2.38. The maximum atomic E-state index is 11.7. The van der Waals surface area contributed by atoms with Crippen LogP contribution in [0.5, 0.6) is 0 Å². The highest BCUT2D eigenvalue weighted by Crippen LogP contribution is 2.20. The van der Waals surface area contributed by atoms with Crippen LogP contribution in [-0.2, 0) is 16.1 Å². The molecule has 0 aliphatic rings. The molecular weight excluding hydrogens is 400 g/mol. The molecule has 1 aromatic heterocycles. The predicted molar refractivity (Wildman–Crippen MR) is 104 cm³/mol. The number of hydrazone groups is 1. The summed E-state index contributed by atoms with van der Waals surface area (Å²) in [6.45, 7) is 2.99. The summed E-state index contributed by atoms with van der Waals surface area (Å²) < 4.78 is 6.16. The van der Waals surface area contributed by atoms with Crippen LogP contribution in [0.4, 0.5) is 5.69 Å². The number of hydrogen-bond donors (Lipinski definition) is 3. The molecule has 2 rings (SSSR count). The minimum atomic E-state index is -0.794. The Kier molecular flexibility index (Phi) is 7.88. The summed E-state index contributed by atoms with van der Waals surface area (Å²) in [6, 6.07) is 9.32. The van der Waals surface area contributed by atoms with E-state index in [9.17, 15) is 9.59 Å². The molecule has 0 radical (unpaired) electrons. The number of furan rings is 1. The van der Waals surface area contributed by atoms with Gasteiger partial charge < -0.3 is 15.1 Å². The Morgan fingerprint density at radius 3 is 2.85 bits per heavy atom. The second kappa shape index (κ2) is 10.4. The van der Waals surface area contributed by atoms with Gasteiger partial charge in [-0.25, -0.2) is 5.43 Å². The minimum absolute atomic E-state index is 0.471. The van der Waals surface area contributed by atoms with E-state index in [-0.39, 0.29) is 0 Å². The molecule has 1 heterocycles. The number of benzene rings is 1. The van der Waals surface area contributed by atoms with E-state index in [2.05, 4.69) is 37.1 Å². The molecule has 0 bridgehead atoms. The van der Waals surface area contributed by atoms with Gasteiger partial charge in [0.05, 0.1) is 19.0 Å². The highest BCUT2D eigenvalue weighted by atomic mass is 79.9. The Hall–Kier alpha value is -2.61. The highest BCUT2D eigenvalue weighted by Gasteiger charge is 2.11.